The maximum atomic E-state index is 13.2. The number of hydrogen-bond acceptors (Lipinski definition) is 3. The predicted octanol–water partition coefficient (Wildman–Crippen LogP) is 3.10. The van der Waals surface area contributed by atoms with E-state index in [9.17, 15) is 4.39 Å². The van der Waals surface area contributed by atoms with Gasteiger partial charge in [0, 0.05) is 16.6 Å². The second-order valence-electron chi connectivity index (χ2n) is 4.50. The molecule has 18 heavy (non-hydrogen) atoms. The highest BCUT2D eigenvalue weighted by Gasteiger charge is 2.16. The molecule has 1 aromatic carbocycles. The van der Waals surface area contributed by atoms with Crippen LogP contribution < -0.4 is 5.73 Å². The van der Waals surface area contributed by atoms with Gasteiger partial charge >= 0.3 is 0 Å². The molecular formula is C13H17FN2OS. The van der Waals surface area contributed by atoms with Gasteiger partial charge in [-0.15, -0.1) is 0 Å². The number of hydrogen-bond donors (Lipinski definition) is 2. The van der Waals surface area contributed by atoms with Gasteiger partial charge in [0.05, 0.1) is 0 Å². The maximum Gasteiger partial charge on any atom is 0.170 e. The van der Waals surface area contributed by atoms with Gasteiger partial charge in [-0.05, 0) is 30.5 Å². The molecule has 0 bridgehead atoms. The first kappa shape index (κ1) is 13.2. The van der Waals surface area contributed by atoms with Crippen molar-refractivity contribution < 1.29 is 9.60 Å². The lowest BCUT2D eigenvalue weighted by Gasteiger charge is -2.11. The van der Waals surface area contributed by atoms with Crippen LogP contribution in [-0.4, -0.2) is 16.3 Å². The normalized spacial score (nSPS) is 17.3. The van der Waals surface area contributed by atoms with Crippen LogP contribution in [0.2, 0.25) is 0 Å². The molecule has 0 aliphatic heterocycles. The summed E-state index contributed by atoms with van der Waals surface area (Å²) in [6.45, 7) is 0. The van der Waals surface area contributed by atoms with Gasteiger partial charge in [-0.2, -0.15) is 11.8 Å². The molecule has 1 fully saturated rings. The number of thioether (sulfide) groups is 1. The molecule has 0 aromatic heterocycles. The zero-order valence-corrected chi connectivity index (χ0v) is 10.9. The van der Waals surface area contributed by atoms with E-state index in [0.29, 0.717) is 10.8 Å². The van der Waals surface area contributed by atoms with Crippen molar-refractivity contribution in [1.29, 1.82) is 0 Å². The van der Waals surface area contributed by atoms with E-state index >= 15 is 0 Å². The Morgan fingerprint density at radius 3 is 2.83 bits per heavy atom. The fourth-order valence-corrected chi connectivity index (χ4v) is 3.56. The van der Waals surface area contributed by atoms with Gasteiger partial charge in [0.1, 0.15) is 5.82 Å². The molecule has 3 nitrogen and oxygen atoms in total. The van der Waals surface area contributed by atoms with Crippen molar-refractivity contribution in [2.24, 2.45) is 10.9 Å². The van der Waals surface area contributed by atoms with Gasteiger partial charge in [-0.1, -0.05) is 24.1 Å². The molecular weight excluding hydrogens is 251 g/mol. The Labute approximate surface area is 110 Å². The van der Waals surface area contributed by atoms with Crippen molar-refractivity contribution in [2.75, 3.05) is 0 Å². The first-order valence-corrected chi connectivity index (χ1v) is 7.13. The summed E-state index contributed by atoms with van der Waals surface area (Å²) in [5.74, 6) is 0.374. The third-order valence-corrected chi connectivity index (χ3v) is 4.65. The van der Waals surface area contributed by atoms with Crippen LogP contribution in [0.3, 0.4) is 0 Å². The molecule has 0 unspecified atom stereocenters. The van der Waals surface area contributed by atoms with Gasteiger partial charge in [0.15, 0.2) is 5.84 Å². The molecule has 3 N–H and O–H groups in total. The van der Waals surface area contributed by atoms with Crippen LogP contribution >= 0.6 is 11.8 Å². The number of nitrogens with two attached hydrogens (primary N) is 1. The van der Waals surface area contributed by atoms with E-state index in [-0.39, 0.29) is 11.7 Å². The standard InChI is InChI=1S/C13H17FN2OS/c14-10-6-5-9(12(7-10)13(15)16-17)8-18-11-3-1-2-4-11/h5-7,11,17H,1-4,8H2,(H2,15,16). The number of oxime groups is 1. The Bertz CT molecular complexity index is 445. The SMILES string of the molecule is NC(=NO)c1cc(F)ccc1CSC1CCCC1. The zero-order chi connectivity index (χ0) is 13.0. The van der Waals surface area contributed by atoms with E-state index in [1.807, 2.05) is 11.8 Å². The molecule has 1 aromatic rings. The Hall–Kier alpha value is -1.23. The van der Waals surface area contributed by atoms with Crippen LogP contribution in [0.15, 0.2) is 23.4 Å². The summed E-state index contributed by atoms with van der Waals surface area (Å²) in [5, 5.41) is 12.4. The summed E-state index contributed by atoms with van der Waals surface area (Å²) in [4.78, 5) is 0. The Morgan fingerprint density at radius 1 is 1.44 bits per heavy atom. The number of amidine groups is 1. The number of rotatable bonds is 4. The molecule has 5 heteroatoms. The second-order valence-corrected chi connectivity index (χ2v) is 5.79. The average Bonchev–Trinajstić information content (AvgIpc) is 2.89. The molecule has 1 aliphatic carbocycles. The minimum atomic E-state index is -0.369. The van der Waals surface area contributed by atoms with Crippen molar-refractivity contribution in [3.63, 3.8) is 0 Å². The summed E-state index contributed by atoms with van der Waals surface area (Å²) in [6, 6.07) is 4.45. The van der Waals surface area contributed by atoms with Crippen LogP contribution in [0.1, 0.15) is 36.8 Å². The fraction of sp³-hybridized carbons (Fsp3) is 0.462. The van der Waals surface area contributed by atoms with Gasteiger partial charge < -0.3 is 10.9 Å². The number of nitrogens with zero attached hydrogens (tertiary/aromatic N) is 1. The molecule has 1 saturated carbocycles. The quantitative estimate of drug-likeness (QED) is 0.382. The number of benzene rings is 1. The number of halogens is 1. The van der Waals surface area contributed by atoms with Gasteiger partial charge in [-0.3, -0.25) is 0 Å². The topological polar surface area (TPSA) is 58.6 Å². The average molecular weight is 268 g/mol. The van der Waals surface area contributed by atoms with E-state index < -0.39 is 0 Å². The molecule has 0 radical (unpaired) electrons. The highest BCUT2D eigenvalue weighted by molar-refractivity contribution is 7.99. The van der Waals surface area contributed by atoms with Crippen molar-refractivity contribution in [3.05, 3.63) is 35.1 Å². The monoisotopic (exact) mass is 268 g/mol. The minimum absolute atomic E-state index is 0.0310. The first-order valence-electron chi connectivity index (χ1n) is 6.08. The van der Waals surface area contributed by atoms with E-state index in [4.69, 9.17) is 10.9 Å². The van der Waals surface area contributed by atoms with E-state index in [0.717, 1.165) is 11.3 Å². The molecule has 0 saturated heterocycles. The second kappa shape index (κ2) is 6.09. The summed E-state index contributed by atoms with van der Waals surface area (Å²) in [7, 11) is 0. The zero-order valence-electron chi connectivity index (χ0n) is 10.1. The Balaban J connectivity index is 2.10. The summed E-state index contributed by atoms with van der Waals surface area (Å²) >= 11 is 1.87. The molecule has 0 spiro atoms. The van der Waals surface area contributed by atoms with E-state index in [1.54, 1.807) is 6.07 Å². The van der Waals surface area contributed by atoms with Crippen LogP contribution in [0.25, 0.3) is 0 Å². The van der Waals surface area contributed by atoms with Crippen LogP contribution in [0.4, 0.5) is 4.39 Å². The third kappa shape index (κ3) is 3.16. The van der Waals surface area contributed by atoms with Gasteiger partial charge in [0.2, 0.25) is 0 Å². The molecule has 1 aliphatic rings. The molecule has 2 rings (SSSR count). The summed E-state index contributed by atoms with van der Waals surface area (Å²) in [5.41, 5.74) is 6.98. The molecule has 98 valence electrons. The molecule has 0 amide bonds. The molecule has 0 atom stereocenters. The fourth-order valence-electron chi connectivity index (χ4n) is 2.23. The van der Waals surface area contributed by atoms with Gasteiger partial charge in [0.25, 0.3) is 0 Å². The summed E-state index contributed by atoms with van der Waals surface area (Å²) in [6.07, 6.45) is 5.11. The van der Waals surface area contributed by atoms with Crippen LogP contribution in [-0.2, 0) is 5.75 Å². The van der Waals surface area contributed by atoms with Crippen molar-refractivity contribution >= 4 is 17.6 Å². The lowest BCUT2D eigenvalue weighted by molar-refractivity contribution is 0.318. The minimum Gasteiger partial charge on any atom is -0.409 e. The van der Waals surface area contributed by atoms with E-state index in [1.165, 1.54) is 37.8 Å². The first-order chi connectivity index (χ1) is 8.70. The lowest BCUT2D eigenvalue weighted by atomic mass is 10.1. The third-order valence-electron chi connectivity index (χ3n) is 3.23. The summed E-state index contributed by atoms with van der Waals surface area (Å²) < 4.78 is 13.2. The van der Waals surface area contributed by atoms with Crippen LogP contribution in [0, 0.1) is 5.82 Å². The lowest BCUT2D eigenvalue weighted by Crippen LogP contribution is -2.16. The largest absolute Gasteiger partial charge is 0.409 e. The molecule has 0 heterocycles. The van der Waals surface area contributed by atoms with Crippen molar-refractivity contribution in [2.45, 2.75) is 36.7 Å². The van der Waals surface area contributed by atoms with Crippen molar-refractivity contribution in [3.8, 4) is 0 Å². The van der Waals surface area contributed by atoms with E-state index in [2.05, 4.69) is 5.16 Å². The highest BCUT2D eigenvalue weighted by atomic mass is 32.2. The Morgan fingerprint density at radius 2 is 2.17 bits per heavy atom. The maximum absolute atomic E-state index is 13.2. The Kier molecular flexibility index (Phi) is 4.47. The van der Waals surface area contributed by atoms with Crippen LogP contribution in [0.5, 0.6) is 0 Å². The smallest absolute Gasteiger partial charge is 0.170 e. The predicted molar refractivity (Wildman–Crippen MR) is 72.5 cm³/mol. The van der Waals surface area contributed by atoms with Crippen molar-refractivity contribution in [1.82, 2.24) is 0 Å². The van der Waals surface area contributed by atoms with Gasteiger partial charge in [-0.25, -0.2) is 4.39 Å². The highest BCUT2D eigenvalue weighted by Crippen LogP contribution is 2.32.